The largest absolute Gasteiger partial charge is 0.469 e. The molecule has 0 bridgehead atoms. The van der Waals surface area contributed by atoms with Crippen molar-refractivity contribution in [3.63, 3.8) is 0 Å². The van der Waals surface area contributed by atoms with Crippen LogP contribution in [0.4, 0.5) is 10.5 Å². The van der Waals surface area contributed by atoms with Crippen LogP contribution in [0, 0.1) is 0 Å². The monoisotopic (exact) mass is 343 g/mol. The summed E-state index contributed by atoms with van der Waals surface area (Å²) in [6, 6.07) is 6.58. The Kier molecular flexibility index (Phi) is 4.40. The first-order valence-electron chi connectivity index (χ1n) is 9.37. The van der Waals surface area contributed by atoms with Gasteiger partial charge in [0.15, 0.2) is 0 Å². The van der Waals surface area contributed by atoms with E-state index in [4.69, 9.17) is 9.47 Å². The van der Waals surface area contributed by atoms with E-state index in [9.17, 15) is 9.59 Å². The third-order valence-electron chi connectivity index (χ3n) is 5.94. The number of methoxy groups -OCH3 is 1. The van der Waals surface area contributed by atoms with Gasteiger partial charge in [-0.15, -0.1) is 0 Å². The van der Waals surface area contributed by atoms with Crippen molar-refractivity contribution in [3.8, 4) is 0 Å². The summed E-state index contributed by atoms with van der Waals surface area (Å²) >= 11 is 0. The molecule has 3 aliphatic rings. The minimum atomic E-state index is -0.288. The molecule has 0 aromatic heterocycles. The van der Waals surface area contributed by atoms with Gasteiger partial charge in [-0.3, -0.25) is 9.69 Å². The van der Waals surface area contributed by atoms with E-state index in [1.807, 2.05) is 0 Å². The molecule has 2 fully saturated rings. The van der Waals surface area contributed by atoms with Crippen molar-refractivity contribution < 1.29 is 19.1 Å². The van der Waals surface area contributed by atoms with Gasteiger partial charge < -0.3 is 9.47 Å². The number of carbonyl (C=O) groups excluding carboxylic acids is 2. The highest BCUT2D eigenvalue weighted by molar-refractivity contribution is 5.93. The number of rotatable bonds is 4. The van der Waals surface area contributed by atoms with Gasteiger partial charge >= 0.3 is 12.1 Å². The minimum absolute atomic E-state index is 0.00811. The third-order valence-corrected chi connectivity index (χ3v) is 5.94. The summed E-state index contributed by atoms with van der Waals surface area (Å²) in [7, 11) is 1.38. The van der Waals surface area contributed by atoms with Gasteiger partial charge in [-0.1, -0.05) is 31.4 Å². The quantitative estimate of drug-likeness (QED) is 0.777. The fourth-order valence-electron chi connectivity index (χ4n) is 4.60. The topological polar surface area (TPSA) is 55.8 Å². The number of hydrogen-bond donors (Lipinski definition) is 0. The van der Waals surface area contributed by atoms with E-state index < -0.39 is 0 Å². The zero-order valence-electron chi connectivity index (χ0n) is 14.7. The van der Waals surface area contributed by atoms with Gasteiger partial charge in [0.25, 0.3) is 0 Å². The summed E-state index contributed by atoms with van der Waals surface area (Å²) in [6.45, 7) is 0. The SMILES string of the molecule is COC(=O)CC[C@@H]1OC(=O)N2c3ccc(C4CCCCC4)cc3C[C@@H]12. The van der Waals surface area contributed by atoms with Gasteiger partial charge in [0.2, 0.25) is 0 Å². The summed E-state index contributed by atoms with van der Waals surface area (Å²) in [5, 5.41) is 0. The molecule has 1 aliphatic carbocycles. The predicted molar refractivity (Wildman–Crippen MR) is 93.8 cm³/mol. The fraction of sp³-hybridized carbons (Fsp3) is 0.600. The number of ether oxygens (including phenoxy) is 2. The van der Waals surface area contributed by atoms with Crippen LogP contribution in [0.15, 0.2) is 18.2 Å². The fourth-order valence-corrected chi connectivity index (χ4v) is 4.60. The Bertz CT molecular complexity index is 680. The third kappa shape index (κ3) is 3.00. The van der Waals surface area contributed by atoms with Crippen LogP contribution in [-0.2, 0) is 20.7 Å². The number of carbonyl (C=O) groups is 2. The number of fused-ring (bicyclic) bond motifs is 3. The van der Waals surface area contributed by atoms with Gasteiger partial charge in [-0.2, -0.15) is 0 Å². The van der Waals surface area contributed by atoms with Gasteiger partial charge in [0.05, 0.1) is 18.8 Å². The standard InChI is InChI=1S/C20H25NO4/c1-24-19(22)10-9-18-17-12-15-11-14(13-5-3-2-4-6-13)7-8-16(15)21(17)20(23)25-18/h7-8,11,13,17-18H,2-6,9-10,12H2,1H3/t17-,18-/m0/s1. The highest BCUT2D eigenvalue weighted by Crippen LogP contribution is 2.42. The summed E-state index contributed by atoms with van der Waals surface area (Å²) in [5.41, 5.74) is 3.64. The molecule has 1 saturated heterocycles. The van der Waals surface area contributed by atoms with E-state index >= 15 is 0 Å². The van der Waals surface area contributed by atoms with Crippen LogP contribution in [0.3, 0.4) is 0 Å². The second-order valence-corrected chi connectivity index (χ2v) is 7.40. The number of nitrogens with zero attached hydrogens (tertiary/aromatic N) is 1. The van der Waals surface area contributed by atoms with Crippen molar-refractivity contribution in [3.05, 3.63) is 29.3 Å². The minimum Gasteiger partial charge on any atom is -0.469 e. The smallest absolute Gasteiger partial charge is 0.415 e. The summed E-state index contributed by atoms with van der Waals surface area (Å²) < 4.78 is 10.2. The van der Waals surface area contributed by atoms with Crippen molar-refractivity contribution in [2.45, 2.75) is 69.4 Å². The van der Waals surface area contributed by atoms with E-state index in [1.54, 1.807) is 4.90 Å². The lowest BCUT2D eigenvalue weighted by Gasteiger charge is -2.22. The number of amides is 1. The van der Waals surface area contributed by atoms with Gasteiger partial charge in [-0.05, 0) is 48.8 Å². The molecule has 5 heteroatoms. The molecule has 1 aromatic carbocycles. The van der Waals surface area contributed by atoms with E-state index in [0.29, 0.717) is 12.3 Å². The number of benzene rings is 1. The Balaban J connectivity index is 1.51. The summed E-state index contributed by atoms with van der Waals surface area (Å²) in [6.07, 6.45) is 7.62. The Labute approximate surface area is 148 Å². The number of anilines is 1. The van der Waals surface area contributed by atoms with Crippen LogP contribution < -0.4 is 4.90 Å². The maximum Gasteiger partial charge on any atom is 0.415 e. The van der Waals surface area contributed by atoms with Crippen LogP contribution in [-0.4, -0.2) is 31.3 Å². The van der Waals surface area contributed by atoms with Crippen molar-refractivity contribution in [1.29, 1.82) is 0 Å². The normalized spacial score (nSPS) is 25.5. The highest BCUT2D eigenvalue weighted by Gasteiger charge is 2.47. The molecule has 2 atom stereocenters. The van der Waals surface area contributed by atoms with Crippen molar-refractivity contribution >= 4 is 17.7 Å². The van der Waals surface area contributed by atoms with E-state index in [1.165, 1.54) is 50.3 Å². The lowest BCUT2D eigenvalue weighted by molar-refractivity contribution is -0.141. The zero-order valence-corrected chi connectivity index (χ0v) is 14.7. The number of hydrogen-bond acceptors (Lipinski definition) is 4. The molecule has 0 spiro atoms. The molecule has 1 aromatic rings. The second kappa shape index (κ2) is 6.70. The first-order chi connectivity index (χ1) is 12.2. The maximum atomic E-state index is 12.3. The van der Waals surface area contributed by atoms with Crippen LogP contribution in [0.25, 0.3) is 0 Å². The Hall–Kier alpha value is -2.04. The molecule has 0 radical (unpaired) electrons. The first kappa shape index (κ1) is 16.4. The molecule has 25 heavy (non-hydrogen) atoms. The van der Waals surface area contributed by atoms with E-state index in [2.05, 4.69) is 18.2 Å². The van der Waals surface area contributed by atoms with Gasteiger partial charge in [0, 0.05) is 6.42 Å². The molecule has 1 amide bonds. The molecule has 5 nitrogen and oxygen atoms in total. The highest BCUT2D eigenvalue weighted by atomic mass is 16.6. The summed E-state index contributed by atoms with van der Waals surface area (Å²) in [4.78, 5) is 25.5. The molecule has 1 saturated carbocycles. The first-order valence-corrected chi connectivity index (χ1v) is 9.37. The Morgan fingerprint density at radius 2 is 2.08 bits per heavy atom. The lowest BCUT2D eigenvalue weighted by atomic mass is 9.83. The Morgan fingerprint density at radius 1 is 1.28 bits per heavy atom. The average Bonchev–Trinajstić information content (AvgIpc) is 3.17. The molecule has 4 rings (SSSR count). The zero-order chi connectivity index (χ0) is 17.4. The average molecular weight is 343 g/mol. The van der Waals surface area contributed by atoms with E-state index in [-0.39, 0.29) is 30.6 Å². The van der Waals surface area contributed by atoms with Crippen LogP contribution in [0.1, 0.15) is 62.0 Å². The molecular weight excluding hydrogens is 318 g/mol. The molecule has 2 heterocycles. The van der Waals surface area contributed by atoms with E-state index in [0.717, 1.165) is 12.1 Å². The van der Waals surface area contributed by atoms with Crippen LogP contribution in [0.5, 0.6) is 0 Å². The maximum absolute atomic E-state index is 12.3. The van der Waals surface area contributed by atoms with Crippen molar-refractivity contribution in [1.82, 2.24) is 0 Å². The molecule has 0 N–H and O–H groups in total. The Morgan fingerprint density at radius 3 is 2.84 bits per heavy atom. The molecule has 0 unspecified atom stereocenters. The predicted octanol–water partition coefficient (Wildman–Crippen LogP) is 3.94. The van der Waals surface area contributed by atoms with Crippen LogP contribution in [0.2, 0.25) is 0 Å². The van der Waals surface area contributed by atoms with Gasteiger partial charge in [0.1, 0.15) is 6.10 Å². The van der Waals surface area contributed by atoms with Crippen molar-refractivity contribution in [2.75, 3.05) is 12.0 Å². The van der Waals surface area contributed by atoms with Gasteiger partial charge in [-0.25, -0.2) is 4.79 Å². The molecule has 2 aliphatic heterocycles. The number of cyclic esters (lactones) is 1. The number of esters is 1. The second-order valence-electron chi connectivity index (χ2n) is 7.40. The summed E-state index contributed by atoms with van der Waals surface area (Å²) in [5.74, 6) is 0.404. The van der Waals surface area contributed by atoms with Crippen LogP contribution >= 0.6 is 0 Å². The lowest BCUT2D eigenvalue weighted by Crippen LogP contribution is -2.33. The van der Waals surface area contributed by atoms with Crippen molar-refractivity contribution in [2.24, 2.45) is 0 Å². The molecular formula is C20H25NO4. The molecule has 134 valence electrons.